The van der Waals surface area contributed by atoms with Crippen LogP contribution in [0.15, 0.2) is 59.4 Å². The van der Waals surface area contributed by atoms with Crippen molar-refractivity contribution >= 4 is 11.6 Å². The molecule has 4 aromatic rings. The first-order valence-electron chi connectivity index (χ1n) is 12.4. The van der Waals surface area contributed by atoms with E-state index in [2.05, 4.69) is 15.5 Å². The number of hydrogen-bond acceptors (Lipinski definition) is 7. The molecule has 0 radical (unpaired) electrons. The first-order valence-corrected chi connectivity index (χ1v) is 12.7. The van der Waals surface area contributed by atoms with Crippen LogP contribution in [0.2, 0.25) is 5.02 Å². The molecule has 7 nitrogen and oxygen atoms in total. The summed E-state index contributed by atoms with van der Waals surface area (Å²) in [6.07, 6.45) is 3.35. The number of nitrogens with zero attached hydrogens (tertiary/aromatic N) is 2. The standard InChI is InChI=1S/C28H24ClF2N3O4/c29-25-19(30)13-21-18(14-28(37-21,22-7-4-10-32-22)16-5-2-1-3-6-16)23(25)24-17(27-33-15-34-38-27)8-9-20(26(24)31)36-12-11-35/h1-3,5-6,8-9,13,15,22,32,35H,4,7,10-12,14H2. The zero-order chi connectivity index (χ0) is 26.3. The molecule has 2 N–H and O–H groups in total. The van der Waals surface area contributed by atoms with Gasteiger partial charge in [0.15, 0.2) is 23.5 Å². The van der Waals surface area contributed by atoms with Crippen LogP contribution >= 0.6 is 11.6 Å². The van der Waals surface area contributed by atoms with E-state index in [0.29, 0.717) is 12.0 Å². The Morgan fingerprint density at radius 2 is 2.00 bits per heavy atom. The molecule has 0 bridgehead atoms. The summed E-state index contributed by atoms with van der Waals surface area (Å²) in [4.78, 5) is 4.09. The van der Waals surface area contributed by atoms with Crippen molar-refractivity contribution in [3.05, 3.63) is 82.6 Å². The molecule has 38 heavy (non-hydrogen) atoms. The van der Waals surface area contributed by atoms with E-state index in [1.165, 1.54) is 18.5 Å². The second-order valence-corrected chi connectivity index (χ2v) is 9.70. The van der Waals surface area contributed by atoms with Crippen LogP contribution in [0.1, 0.15) is 24.0 Å². The Morgan fingerprint density at radius 3 is 2.71 bits per heavy atom. The molecule has 2 unspecified atom stereocenters. The van der Waals surface area contributed by atoms with Gasteiger partial charge in [-0.3, -0.25) is 0 Å². The van der Waals surface area contributed by atoms with Gasteiger partial charge in [0.05, 0.1) is 23.2 Å². The number of aromatic nitrogens is 2. The Kier molecular flexibility index (Phi) is 6.51. The van der Waals surface area contributed by atoms with E-state index in [9.17, 15) is 5.11 Å². The fourth-order valence-electron chi connectivity index (χ4n) is 5.56. The van der Waals surface area contributed by atoms with Crippen LogP contribution in [-0.4, -0.2) is 41.0 Å². The molecule has 0 saturated carbocycles. The summed E-state index contributed by atoms with van der Waals surface area (Å²) in [7, 11) is 0. The predicted octanol–water partition coefficient (Wildman–Crippen LogP) is 5.29. The lowest BCUT2D eigenvalue weighted by Crippen LogP contribution is -2.48. The number of nitrogens with one attached hydrogen (secondary N) is 1. The second kappa shape index (κ2) is 9.98. The lowest BCUT2D eigenvalue weighted by atomic mass is 9.80. The average Bonchev–Trinajstić information content (AvgIpc) is 3.71. The van der Waals surface area contributed by atoms with Crippen LogP contribution in [0, 0.1) is 11.6 Å². The zero-order valence-corrected chi connectivity index (χ0v) is 21.0. The molecule has 2 aliphatic heterocycles. The Hall–Kier alpha value is -3.53. The number of hydrogen-bond donors (Lipinski definition) is 2. The molecule has 1 saturated heterocycles. The smallest absolute Gasteiger partial charge is 0.258 e. The van der Waals surface area contributed by atoms with Crippen molar-refractivity contribution in [2.45, 2.75) is 30.9 Å². The predicted molar refractivity (Wildman–Crippen MR) is 136 cm³/mol. The van der Waals surface area contributed by atoms with E-state index >= 15 is 8.78 Å². The van der Waals surface area contributed by atoms with Gasteiger partial charge < -0.3 is 24.4 Å². The molecule has 3 aromatic carbocycles. The number of aliphatic hydroxyl groups is 1. The van der Waals surface area contributed by atoms with Gasteiger partial charge in [-0.25, -0.2) is 8.78 Å². The molecule has 1 fully saturated rings. The van der Waals surface area contributed by atoms with Gasteiger partial charge in [-0.05, 0) is 37.1 Å². The minimum Gasteiger partial charge on any atom is -0.488 e. The number of ether oxygens (including phenoxy) is 2. The molecule has 2 atom stereocenters. The molecule has 0 spiro atoms. The van der Waals surface area contributed by atoms with Crippen molar-refractivity contribution in [2.75, 3.05) is 19.8 Å². The van der Waals surface area contributed by atoms with E-state index in [1.54, 1.807) is 6.07 Å². The minimum atomic E-state index is -0.849. The fraction of sp³-hybridized carbons (Fsp3) is 0.286. The van der Waals surface area contributed by atoms with Crippen LogP contribution in [-0.2, 0) is 12.0 Å². The maximum absolute atomic E-state index is 16.2. The molecule has 196 valence electrons. The summed E-state index contributed by atoms with van der Waals surface area (Å²) in [6, 6.07) is 13.9. The number of rotatable bonds is 7. The summed E-state index contributed by atoms with van der Waals surface area (Å²) >= 11 is 6.61. The molecule has 0 aliphatic carbocycles. The third-order valence-corrected chi connectivity index (χ3v) is 7.57. The molecular weight excluding hydrogens is 516 g/mol. The first-order chi connectivity index (χ1) is 18.5. The number of fused-ring (bicyclic) bond motifs is 1. The second-order valence-electron chi connectivity index (χ2n) is 9.33. The van der Waals surface area contributed by atoms with Crippen molar-refractivity contribution in [1.82, 2.24) is 15.5 Å². The maximum atomic E-state index is 16.2. The summed E-state index contributed by atoms with van der Waals surface area (Å²) in [5.74, 6) is -1.34. The van der Waals surface area contributed by atoms with E-state index in [0.717, 1.165) is 24.9 Å². The Balaban J connectivity index is 1.59. The molecule has 3 heterocycles. The SMILES string of the molecule is OCCOc1ccc(-c2ncno2)c(-c2c(Cl)c(F)cc3c2CC(c2ccccc2)(C2CCCN2)O3)c1F. The quantitative estimate of drug-likeness (QED) is 0.330. The van der Waals surface area contributed by atoms with Gasteiger partial charge in [-0.2, -0.15) is 4.98 Å². The summed E-state index contributed by atoms with van der Waals surface area (Å²) in [6.45, 7) is 0.401. The average molecular weight is 540 g/mol. The third kappa shape index (κ3) is 4.02. The molecule has 2 aliphatic rings. The van der Waals surface area contributed by atoms with Crippen LogP contribution in [0.5, 0.6) is 11.5 Å². The van der Waals surface area contributed by atoms with Crippen molar-refractivity contribution in [1.29, 1.82) is 0 Å². The molecule has 0 amide bonds. The lowest BCUT2D eigenvalue weighted by molar-refractivity contribution is 0.0539. The lowest BCUT2D eigenvalue weighted by Gasteiger charge is -2.35. The molecule has 10 heteroatoms. The zero-order valence-electron chi connectivity index (χ0n) is 20.2. The van der Waals surface area contributed by atoms with Crippen molar-refractivity contribution in [3.63, 3.8) is 0 Å². The molecule has 6 rings (SSSR count). The van der Waals surface area contributed by atoms with Crippen LogP contribution in [0.25, 0.3) is 22.6 Å². The van der Waals surface area contributed by atoms with Crippen molar-refractivity contribution < 1.29 is 27.9 Å². The highest BCUT2D eigenvalue weighted by Crippen LogP contribution is 2.53. The van der Waals surface area contributed by atoms with Crippen molar-refractivity contribution in [2.24, 2.45) is 0 Å². The van der Waals surface area contributed by atoms with Gasteiger partial charge in [-0.1, -0.05) is 47.1 Å². The Morgan fingerprint density at radius 1 is 1.16 bits per heavy atom. The highest BCUT2D eigenvalue weighted by Gasteiger charge is 2.50. The van der Waals surface area contributed by atoms with Gasteiger partial charge in [0.1, 0.15) is 18.2 Å². The van der Waals surface area contributed by atoms with Gasteiger partial charge in [0.2, 0.25) is 0 Å². The maximum Gasteiger partial charge on any atom is 0.258 e. The van der Waals surface area contributed by atoms with Crippen LogP contribution in [0.4, 0.5) is 8.78 Å². The Bertz CT molecular complexity index is 1460. The van der Waals surface area contributed by atoms with Crippen LogP contribution < -0.4 is 14.8 Å². The van der Waals surface area contributed by atoms with E-state index < -0.39 is 17.2 Å². The first kappa shape index (κ1) is 24.8. The molecule has 1 aromatic heterocycles. The highest BCUT2D eigenvalue weighted by molar-refractivity contribution is 6.34. The summed E-state index contributed by atoms with van der Waals surface area (Å²) < 4.78 is 48.9. The topological polar surface area (TPSA) is 89.6 Å². The van der Waals surface area contributed by atoms with Gasteiger partial charge in [-0.15, -0.1) is 0 Å². The van der Waals surface area contributed by atoms with E-state index in [4.69, 9.17) is 25.6 Å². The number of benzene rings is 3. The number of aliphatic hydroxyl groups excluding tert-OH is 1. The van der Waals surface area contributed by atoms with Gasteiger partial charge >= 0.3 is 0 Å². The van der Waals surface area contributed by atoms with E-state index in [1.807, 2.05) is 30.3 Å². The van der Waals surface area contributed by atoms with Crippen LogP contribution in [0.3, 0.4) is 0 Å². The number of halogens is 3. The largest absolute Gasteiger partial charge is 0.488 e. The summed E-state index contributed by atoms with van der Waals surface area (Å²) in [5, 5.41) is 16.1. The van der Waals surface area contributed by atoms with Gasteiger partial charge in [0.25, 0.3) is 5.89 Å². The van der Waals surface area contributed by atoms with Crippen molar-refractivity contribution in [3.8, 4) is 34.1 Å². The fourth-order valence-corrected chi connectivity index (χ4v) is 5.82. The summed E-state index contributed by atoms with van der Waals surface area (Å²) in [5.41, 5.74) is 0.957. The van der Waals surface area contributed by atoms with Gasteiger partial charge in [0, 0.05) is 29.2 Å². The Labute approximate surface area is 222 Å². The monoisotopic (exact) mass is 539 g/mol. The highest BCUT2D eigenvalue weighted by atomic mass is 35.5. The third-order valence-electron chi connectivity index (χ3n) is 7.20. The van der Waals surface area contributed by atoms with E-state index in [-0.39, 0.29) is 58.4 Å². The minimum absolute atomic E-state index is 0.0346. The molecular formula is C28H24ClF2N3O4. The normalized spacial score (nSPS) is 20.4.